The summed E-state index contributed by atoms with van der Waals surface area (Å²) in [5.41, 5.74) is 2.08. The first-order chi connectivity index (χ1) is 13.0. The average molecular weight is 381 g/mol. The maximum atomic E-state index is 14.7. The molecule has 27 heavy (non-hydrogen) atoms. The molecule has 6 heteroatoms. The van der Waals surface area contributed by atoms with E-state index in [-0.39, 0.29) is 17.9 Å². The molecule has 0 saturated heterocycles. The van der Waals surface area contributed by atoms with Gasteiger partial charge in [0.15, 0.2) is 0 Å². The predicted octanol–water partition coefficient (Wildman–Crippen LogP) is 3.83. The normalized spacial score (nSPS) is 15.3. The zero-order chi connectivity index (χ0) is 19.0. The molecule has 0 saturated carbocycles. The molecule has 1 aliphatic heterocycles. The molecular formula is C21H14FO4S-. The van der Waals surface area contributed by atoms with Gasteiger partial charge in [-0.1, -0.05) is 65.7 Å². The van der Waals surface area contributed by atoms with E-state index in [9.17, 15) is 17.9 Å². The molecule has 136 valence electrons. The molecule has 3 aromatic carbocycles. The largest absolute Gasteiger partial charge is 0.772 e. The molecule has 0 fully saturated rings. The zero-order valence-electron chi connectivity index (χ0n) is 14.1. The van der Waals surface area contributed by atoms with E-state index in [1.165, 1.54) is 12.1 Å². The van der Waals surface area contributed by atoms with E-state index in [2.05, 4.69) is 0 Å². The Kier molecular flexibility index (Phi) is 4.59. The average Bonchev–Trinajstić information content (AvgIpc) is 3.02. The van der Waals surface area contributed by atoms with Crippen molar-refractivity contribution in [3.63, 3.8) is 0 Å². The third-order valence-electron chi connectivity index (χ3n) is 4.56. The van der Waals surface area contributed by atoms with Gasteiger partial charge in [-0.15, -0.1) is 0 Å². The number of fused-ring (bicyclic) bond motifs is 1. The number of hydrogen-bond donors (Lipinski definition) is 0. The van der Waals surface area contributed by atoms with Crippen LogP contribution < -0.4 is 0 Å². The highest BCUT2D eigenvalue weighted by atomic mass is 32.2. The van der Waals surface area contributed by atoms with Crippen LogP contribution in [0.1, 0.15) is 16.7 Å². The summed E-state index contributed by atoms with van der Waals surface area (Å²) in [5, 5.41) is 1.85. The minimum atomic E-state index is -2.30. The minimum Gasteiger partial charge on any atom is -0.772 e. The summed E-state index contributed by atoms with van der Waals surface area (Å²) in [6.07, 6.45) is 0. The van der Waals surface area contributed by atoms with Crippen molar-refractivity contribution in [1.82, 2.24) is 0 Å². The summed E-state index contributed by atoms with van der Waals surface area (Å²) in [7, 11) is 0. The van der Waals surface area contributed by atoms with Gasteiger partial charge in [0, 0.05) is 16.9 Å². The molecule has 0 aliphatic carbocycles. The lowest BCUT2D eigenvalue weighted by atomic mass is 9.92. The van der Waals surface area contributed by atoms with Crippen molar-refractivity contribution in [1.29, 1.82) is 0 Å². The van der Waals surface area contributed by atoms with E-state index >= 15 is 0 Å². The predicted molar refractivity (Wildman–Crippen MR) is 101 cm³/mol. The van der Waals surface area contributed by atoms with Crippen molar-refractivity contribution in [3.05, 3.63) is 83.2 Å². The summed E-state index contributed by atoms with van der Waals surface area (Å²) in [5.74, 6) is -1.34. The van der Waals surface area contributed by atoms with Gasteiger partial charge in [0.25, 0.3) is 0 Å². The van der Waals surface area contributed by atoms with Crippen molar-refractivity contribution < 1.29 is 22.7 Å². The summed E-state index contributed by atoms with van der Waals surface area (Å²) in [6.45, 7) is -0.0266. The first-order valence-electron chi connectivity index (χ1n) is 8.27. The fourth-order valence-electron chi connectivity index (χ4n) is 3.36. The quantitative estimate of drug-likeness (QED) is 0.509. The number of hydrogen-bond acceptors (Lipinski definition) is 4. The molecular weight excluding hydrogens is 367 g/mol. The number of carbonyl (C=O) groups is 1. The highest BCUT2D eigenvalue weighted by molar-refractivity contribution is 7.78. The second kappa shape index (κ2) is 7.06. The maximum absolute atomic E-state index is 14.7. The van der Waals surface area contributed by atoms with Crippen LogP contribution in [0.25, 0.3) is 21.9 Å². The zero-order valence-corrected chi connectivity index (χ0v) is 14.9. The van der Waals surface area contributed by atoms with Crippen molar-refractivity contribution in [2.75, 3.05) is 6.61 Å². The molecule has 0 N–H and O–H groups in total. The molecule has 0 spiro atoms. The van der Waals surface area contributed by atoms with Gasteiger partial charge in [0.05, 0.1) is 5.57 Å². The third-order valence-corrected chi connectivity index (χ3v) is 5.12. The second-order valence-corrected chi connectivity index (χ2v) is 7.11. The Labute approximate surface area is 157 Å². The molecule has 0 bridgehead atoms. The maximum Gasteiger partial charge on any atom is 0.339 e. The van der Waals surface area contributed by atoms with Gasteiger partial charge in [-0.25, -0.2) is 9.18 Å². The lowest BCUT2D eigenvalue weighted by Crippen LogP contribution is -2.00. The van der Waals surface area contributed by atoms with E-state index < -0.39 is 22.9 Å². The fourth-order valence-corrected chi connectivity index (χ4v) is 3.81. The molecule has 1 unspecified atom stereocenters. The summed E-state index contributed by atoms with van der Waals surface area (Å²) in [4.78, 5) is 12.4. The van der Waals surface area contributed by atoms with Gasteiger partial charge in [-0.2, -0.15) is 0 Å². The van der Waals surface area contributed by atoms with Crippen LogP contribution in [0.4, 0.5) is 4.39 Å². The summed E-state index contributed by atoms with van der Waals surface area (Å²) < 4.78 is 41.5. The Hall–Kier alpha value is -2.83. The van der Waals surface area contributed by atoms with Crippen molar-refractivity contribution in [3.8, 4) is 0 Å². The molecule has 1 atom stereocenters. The molecule has 0 aromatic heterocycles. The lowest BCUT2D eigenvalue weighted by molar-refractivity contribution is -0.133. The van der Waals surface area contributed by atoms with Crippen molar-refractivity contribution in [2.45, 2.75) is 5.75 Å². The second-order valence-electron chi connectivity index (χ2n) is 6.22. The van der Waals surface area contributed by atoms with Gasteiger partial charge < -0.3 is 9.29 Å². The minimum absolute atomic E-state index is 0.0266. The fraction of sp³-hybridized carbons (Fsp3) is 0.0952. The molecule has 1 aliphatic rings. The highest BCUT2D eigenvalue weighted by Crippen LogP contribution is 2.37. The molecule has 3 aromatic rings. The highest BCUT2D eigenvalue weighted by Gasteiger charge is 2.29. The van der Waals surface area contributed by atoms with Crippen LogP contribution in [0.3, 0.4) is 0 Å². The topological polar surface area (TPSA) is 66.4 Å². The number of carbonyl (C=O) groups excluding carboxylic acids is 1. The van der Waals surface area contributed by atoms with Crippen LogP contribution in [0, 0.1) is 5.82 Å². The Bertz CT molecular complexity index is 1110. The SMILES string of the molecule is O=C1OCC(c2ccc(CS(=O)[O-])cc2F)=C1c1cccc2ccccc12. The van der Waals surface area contributed by atoms with E-state index in [0.29, 0.717) is 22.3 Å². The van der Waals surface area contributed by atoms with Gasteiger partial charge in [-0.3, -0.25) is 4.21 Å². The van der Waals surface area contributed by atoms with Crippen LogP contribution in [-0.4, -0.2) is 21.3 Å². The third kappa shape index (κ3) is 3.29. The summed E-state index contributed by atoms with van der Waals surface area (Å²) in [6, 6.07) is 17.5. The molecule has 4 rings (SSSR count). The Morgan fingerprint density at radius 3 is 2.59 bits per heavy atom. The Morgan fingerprint density at radius 1 is 1.04 bits per heavy atom. The molecule has 4 nitrogen and oxygen atoms in total. The van der Waals surface area contributed by atoms with Crippen LogP contribution in [0.15, 0.2) is 60.7 Å². The van der Waals surface area contributed by atoms with E-state index in [1.807, 2.05) is 42.5 Å². The lowest BCUT2D eigenvalue weighted by Gasteiger charge is -2.10. The van der Waals surface area contributed by atoms with Crippen LogP contribution in [0.5, 0.6) is 0 Å². The van der Waals surface area contributed by atoms with Gasteiger partial charge in [0.2, 0.25) is 0 Å². The standard InChI is InChI=1S/C21H15FO4S/c22-19-10-13(12-27(24)25)8-9-16(19)18-11-26-21(23)20(18)17-7-3-5-14-4-1-2-6-15(14)17/h1-10H,11-12H2,(H,24,25)/p-1. The Balaban J connectivity index is 1.89. The van der Waals surface area contributed by atoms with E-state index in [1.54, 1.807) is 6.07 Å². The molecule has 0 amide bonds. The number of esters is 1. The van der Waals surface area contributed by atoms with E-state index in [0.717, 1.165) is 10.8 Å². The number of ether oxygens (including phenoxy) is 1. The van der Waals surface area contributed by atoms with Crippen LogP contribution in [0.2, 0.25) is 0 Å². The first kappa shape index (κ1) is 17.6. The van der Waals surface area contributed by atoms with Gasteiger partial charge in [-0.05, 0) is 28.0 Å². The monoisotopic (exact) mass is 381 g/mol. The summed E-state index contributed by atoms with van der Waals surface area (Å²) >= 11 is -2.30. The molecule has 0 radical (unpaired) electrons. The van der Waals surface area contributed by atoms with E-state index in [4.69, 9.17) is 4.74 Å². The van der Waals surface area contributed by atoms with Gasteiger partial charge >= 0.3 is 5.97 Å². The first-order valence-corrected chi connectivity index (χ1v) is 9.52. The van der Waals surface area contributed by atoms with Crippen molar-refractivity contribution in [2.24, 2.45) is 0 Å². The number of benzene rings is 3. The van der Waals surface area contributed by atoms with Crippen molar-refractivity contribution >= 4 is 39.0 Å². The van der Waals surface area contributed by atoms with Crippen LogP contribution >= 0.6 is 0 Å². The van der Waals surface area contributed by atoms with Gasteiger partial charge in [0.1, 0.15) is 12.4 Å². The number of rotatable bonds is 4. The molecule has 1 heterocycles. The smallest absolute Gasteiger partial charge is 0.339 e. The number of cyclic esters (lactones) is 1. The van der Waals surface area contributed by atoms with Crippen LogP contribution in [-0.2, 0) is 26.4 Å². The Morgan fingerprint density at radius 2 is 1.81 bits per heavy atom. The number of halogens is 1.